The summed E-state index contributed by atoms with van der Waals surface area (Å²) in [5.41, 5.74) is 0.781. The van der Waals surface area contributed by atoms with E-state index in [1.807, 2.05) is 36.4 Å². The molecule has 82 valence electrons. The van der Waals surface area contributed by atoms with Crippen LogP contribution in [0.2, 0.25) is 0 Å². The highest BCUT2D eigenvalue weighted by molar-refractivity contribution is 9.10. The van der Waals surface area contributed by atoms with Crippen molar-refractivity contribution < 1.29 is 4.79 Å². The Balaban J connectivity index is 0.000000606. The molecule has 0 heterocycles. The molecular formula is C12H11AlBrClO. The third-order valence-electron chi connectivity index (χ3n) is 2.25. The molecule has 4 heteroatoms. The second kappa shape index (κ2) is 6.42. The number of benzene rings is 2. The molecule has 0 atom stereocenters. The van der Waals surface area contributed by atoms with Crippen molar-refractivity contribution in [3.05, 3.63) is 46.4 Å². The Bertz CT molecular complexity index is 513. The Labute approximate surface area is 116 Å². The maximum Gasteiger partial charge on any atom is 0.353 e. The Hall–Kier alpha value is -0.328. The van der Waals surface area contributed by atoms with Gasteiger partial charge in [-0.2, -0.15) is 0 Å². The zero-order chi connectivity index (χ0) is 12.1. The summed E-state index contributed by atoms with van der Waals surface area (Å²) in [6, 6.07) is 11.7. The van der Waals surface area contributed by atoms with Crippen molar-refractivity contribution >= 4 is 57.9 Å². The van der Waals surface area contributed by atoms with E-state index in [1.54, 1.807) is 6.92 Å². The van der Waals surface area contributed by atoms with E-state index in [0.717, 1.165) is 36.2 Å². The normalized spacial score (nSPS) is 9.44. The molecule has 2 rings (SSSR count). The van der Waals surface area contributed by atoms with Crippen molar-refractivity contribution in [1.29, 1.82) is 0 Å². The minimum atomic E-state index is 0.105. The fraction of sp³-hybridized carbons (Fsp3) is 0.0833. The van der Waals surface area contributed by atoms with Crippen LogP contribution in [0.1, 0.15) is 17.3 Å². The van der Waals surface area contributed by atoms with E-state index in [9.17, 15) is 4.79 Å². The van der Waals surface area contributed by atoms with Crippen molar-refractivity contribution in [1.82, 2.24) is 0 Å². The minimum Gasteiger partial charge on any atom is -0.294 e. The fourth-order valence-electron chi connectivity index (χ4n) is 1.57. The van der Waals surface area contributed by atoms with Crippen molar-refractivity contribution in [2.45, 2.75) is 6.92 Å². The molecule has 0 saturated heterocycles. The zero-order valence-corrected chi connectivity index (χ0v) is 13.5. The highest BCUT2D eigenvalue weighted by atomic mass is 79.9. The van der Waals surface area contributed by atoms with E-state index in [1.165, 1.54) is 0 Å². The lowest BCUT2D eigenvalue weighted by molar-refractivity contribution is 0.101. The lowest BCUT2D eigenvalue weighted by Gasteiger charge is -2.04. The lowest BCUT2D eigenvalue weighted by atomic mass is 10.0. The van der Waals surface area contributed by atoms with Gasteiger partial charge in [0.2, 0.25) is 0 Å². The van der Waals surface area contributed by atoms with E-state index in [2.05, 4.69) is 15.9 Å². The average Bonchev–Trinajstić information content (AvgIpc) is 2.32. The van der Waals surface area contributed by atoms with E-state index in [-0.39, 0.29) is 5.78 Å². The topological polar surface area (TPSA) is 17.1 Å². The lowest BCUT2D eigenvalue weighted by Crippen LogP contribution is -1.93. The molecular weight excluding hydrogens is 302 g/mol. The van der Waals surface area contributed by atoms with Crippen molar-refractivity contribution in [2.75, 3.05) is 0 Å². The molecule has 0 N–H and O–H groups in total. The molecule has 0 aliphatic rings. The van der Waals surface area contributed by atoms with Gasteiger partial charge in [-0.25, -0.2) is 0 Å². The van der Waals surface area contributed by atoms with Crippen LogP contribution in [-0.2, 0) is 0 Å². The van der Waals surface area contributed by atoms with E-state index in [4.69, 9.17) is 10.0 Å². The van der Waals surface area contributed by atoms with Gasteiger partial charge < -0.3 is 0 Å². The molecule has 0 fully saturated rings. The highest BCUT2D eigenvalue weighted by Crippen LogP contribution is 2.26. The summed E-state index contributed by atoms with van der Waals surface area (Å²) in [6.07, 6.45) is 0. The minimum absolute atomic E-state index is 0.105. The first kappa shape index (κ1) is 13.7. The van der Waals surface area contributed by atoms with Crippen LogP contribution in [0, 0.1) is 0 Å². The van der Waals surface area contributed by atoms with Gasteiger partial charge in [-0.15, -0.1) is 0 Å². The van der Waals surface area contributed by atoms with Crippen LogP contribution in [0.5, 0.6) is 0 Å². The summed E-state index contributed by atoms with van der Waals surface area (Å²) in [7, 11) is 4.78. The number of carbonyl (C=O) groups is 1. The smallest absolute Gasteiger partial charge is 0.294 e. The summed E-state index contributed by atoms with van der Waals surface area (Å²) in [5, 5.41) is 2.09. The van der Waals surface area contributed by atoms with Crippen LogP contribution in [0.3, 0.4) is 0 Å². The van der Waals surface area contributed by atoms with Crippen molar-refractivity contribution in [2.24, 2.45) is 0 Å². The maximum absolute atomic E-state index is 11.4. The van der Waals surface area contributed by atoms with Gasteiger partial charge in [0, 0.05) is 10.0 Å². The number of ketones is 1. The standard InChI is InChI=1S/C12H9BrO.Al.ClH.2H/c1-8(14)9-6-7-12(13)11-5-3-2-4-10(9)11;;;;/h2-7H,1H3;;1H;;/q;+1;;;/p-1. The van der Waals surface area contributed by atoms with Gasteiger partial charge in [-0.05, 0) is 29.8 Å². The molecule has 0 unspecified atom stereocenters. The number of Topliss-reactive ketones (excluding diaryl/α,β-unsaturated/α-hetero) is 1. The van der Waals surface area contributed by atoms with Gasteiger partial charge in [0.1, 0.15) is 0 Å². The molecule has 0 aliphatic carbocycles. The van der Waals surface area contributed by atoms with Crippen LogP contribution < -0.4 is 0 Å². The summed E-state index contributed by atoms with van der Waals surface area (Å²) in [6.45, 7) is 1.59. The number of hydrogen-bond donors (Lipinski definition) is 0. The van der Waals surface area contributed by atoms with Gasteiger partial charge in [0.05, 0.1) is 0 Å². The Morgan fingerprint density at radius 2 is 1.69 bits per heavy atom. The number of rotatable bonds is 1. The van der Waals surface area contributed by atoms with Gasteiger partial charge in [0.25, 0.3) is 0 Å². The van der Waals surface area contributed by atoms with Crippen LogP contribution in [0.15, 0.2) is 40.9 Å². The molecule has 0 amide bonds. The number of hydrogen-bond acceptors (Lipinski definition) is 1. The first-order valence-electron chi connectivity index (χ1n) is 4.76. The molecule has 1 nitrogen and oxygen atoms in total. The zero-order valence-electron chi connectivity index (χ0n) is 9.13. The summed E-state index contributed by atoms with van der Waals surface area (Å²) >= 11 is 4.25. The van der Waals surface area contributed by atoms with Crippen LogP contribution in [-0.4, -0.2) is 21.2 Å². The quantitative estimate of drug-likeness (QED) is 0.581. The molecule has 0 radical (unpaired) electrons. The van der Waals surface area contributed by atoms with Gasteiger partial charge in [0.15, 0.2) is 5.78 Å². The van der Waals surface area contributed by atoms with Gasteiger partial charge >= 0.3 is 15.4 Å². The van der Waals surface area contributed by atoms with Crippen LogP contribution in [0.4, 0.5) is 0 Å². The maximum atomic E-state index is 11.4. The first-order valence-corrected chi connectivity index (χ1v) is 8.58. The largest absolute Gasteiger partial charge is 0.353 e. The third kappa shape index (κ3) is 2.87. The Morgan fingerprint density at radius 1 is 1.12 bits per heavy atom. The molecule has 0 bridgehead atoms. The molecule has 0 spiro atoms. The molecule has 0 saturated carbocycles. The SMILES string of the molecule is CC(=O)c1ccc(Br)c2ccccc12.[AlH2][Cl]. The number of fused-ring (bicyclic) bond motifs is 1. The second-order valence-electron chi connectivity index (χ2n) is 3.20. The van der Waals surface area contributed by atoms with Crippen LogP contribution >= 0.6 is 26.0 Å². The molecule has 0 aliphatic heterocycles. The molecule has 16 heavy (non-hydrogen) atoms. The highest BCUT2D eigenvalue weighted by Gasteiger charge is 2.06. The van der Waals surface area contributed by atoms with E-state index >= 15 is 0 Å². The molecule has 2 aromatic carbocycles. The van der Waals surface area contributed by atoms with Gasteiger partial charge in [-0.1, -0.05) is 40.2 Å². The molecule has 2 aromatic rings. The second-order valence-corrected chi connectivity index (χ2v) is 4.05. The molecule has 0 aromatic heterocycles. The number of halogens is 2. The predicted molar refractivity (Wildman–Crippen MR) is 76.0 cm³/mol. The number of carbonyl (C=O) groups excluding carboxylic acids is 1. The first-order chi connectivity index (χ1) is 7.70. The summed E-state index contributed by atoms with van der Waals surface area (Å²) in [5.74, 6) is 0.105. The third-order valence-corrected chi connectivity index (χ3v) is 2.94. The van der Waals surface area contributed by atoms with Crippen molar-refractivity contribution in [3.8, 4) is 0 Å². The van der Waals surface area contributed by atoms with Gasteiger partial charge in [-0.3, -0.25) is 14.8 Å². The van der Waals surface area contributed by atoms with E-state index in [0.29, 0.717) is 0 Å². The summed E-state index contributed by atoms with van der Waals surface area (Å²) in [4.78, 5) is 11.4. The monoisotopic (exact) mass is 312 g/mol. The van der Waals surface area contributed by atoms with E-state index < -0.39 is 0 Å². The van der Waals surface area contributed by atoms with Crippen molar-refractivity contribution in [3.63, 3.8) is 0 Å². The average molecular weight is 314 g/mol. The summed E-state index contributed by atoms with van der Waals surface area (Å²) < 4.78 is 1.03. The fourth-order valence-corrected chi connectivity index (χ4v) is 2.05. The predicted octanol–water partition coefficient (Wildman–Crippen LogP) is 3.58. The Morgan fingerprint density at radius 3 is 2.25 bits per heavy atom. The Kier molecular flexibility index (Phi) is 5.51. The van der Waals surface area contributed by atoms with Crippen LogP contribution in [0.25, 0.3) is 10.8 Å².